The van der Waals surface area contributed by atoms with Gasteiger partial charge in [-0.05, 0) is 39.7 Å². The Hall–Kier alpha value is -1.72. The van der Waals surface area contributed by atoms with E-state index in [4.69, 9.17) is 14.2 Å². The highest BCUT2D eigenvalue weighted by atomic mass is 79.9. The van der Waals surface area contributed by atoms with Gasteiger partial charge in [-0.3, -0.25) is 0 Å². The fourth-order valence-electron chi connectivity index (χ4n) is 2.29. The van der Waals surface area contributed by atoms with Gasteiger partial charge in [-0.1, -0.05) is 18.2 Å². The first-order valence-corrected chi connectivity index (χ1v) is 7.46. The number of rotatable bonds is 5. The summed E-state index contributed by atoms with van der Waals surface area (Å²) in [6, 6.07) is 12.2. The van der Waals surface area contributed by atoms with Gasteiger partial charge in [0.05, 0.1) is 11.1 Å². The second-order valence-electron chi connectivity index (χ2n) is 4.76. The third-order valence-electron chi connectivity index (χ3n) is 3.29. The van der Waals surface area contributed by atoms with Crippen LogP contribution in [0.15, 0.2) is 40.9 Å². The number of anilines is 1. The van der Waals surface area contributed by atoms with Crippen molar-refractivity contribution in [1.82, 2.24) is 0 Å². The Kier molecular flexibility index (Phi) is 4.31. The SMILES string of the molecule is COCc1ccccc1NCc1cc(Br)c2c(c1)OCO2. The summed E-state index contributed by atoms with van der Waals surface area (Å²) in [4.78, 5) is 0. The lowest BCUT2D eigenvalue weighted by atomic mass is 10.1. The lowest BCUT2D eigenvalue weighted by Crippen LogP contribution is -2.03. The summed E-state index contributed by atoms with van der Waals surface area (Å²) < 4.78 is 17.0. The van der Waals surface area contributed by atoms with Gasteiger partial charge >= 0.3 is 0 Å². The Morgan fingerprint density at radius 1 is 1.24 bits per heavy atom. The van der Waals surface area contributed by atoms with E-state index < -0.39 is 0 Å². The van der Waals surface area contributed by atoms with Crippen LogP contribution in [0.4, 0.5) is 5.69 Å². The van der Waals surface area contributed by atoms with Crippen molar-refractivity contribution in [3.8, 4) is 11.5 Å². The van der Waals surface area contributed by atoms with Gasteiger partial charge in [0.15, 0.2) is 11.5 Å². The summed E-state index contributed by atoms with van der Waals surface area (Å²) in [6.07, 6.45) is 0. The zero-order chi connectivity index (χ0) is 14.7. The van der Waals surface area contributed by atoms with Crippen LogP contribution in [0.25, 0.3) is 0 Å². The number of fused-ring (bicyclic) bond motifs is 1. The Morgan fingerprint density at radius 2 is 2.10 bits per heavy atom. The number of nitrogens with one attached hydrogen (secondary N) is 1. The third-order valence-corrected chi connectivity index (χ3v) is 3.88. The van der Waals surface area contributed by atoms with E-state index in [-0.39, 0.29) is 6.79 Å². The standard InChI is InChI=1S/C16H16BrNO3/c1-19-9-12-4-2-3-5-14(12)18-8-11-6-13(17)16-15(7-11)20-10-21-16/h2-7,18H,8-10H2,1H3. The smallest absolute Gasteiger partial charge is 0.231 e. The molecule has 2 aromatic carbocycles. The monoisotopic (exact) mass is 349 g/mol. The topological polar surface area (TPSA) is 39.7 Å². The molecule has 0 radical (unpaired) electrons. The van der Waals surface area contributed by atoms with Crippen LogP contribution >= 0.6 is 15.9 Å². The van der Waals surface area contributed by atoms with Crippen LogP contribution < -0.4 is 14.8 Å². The van der Waals surface area contributed by atoms with Crippen LogP contribution in [0, 0.1) is 0 Å². The molecule has 0 fully saturated rings. The highest BCUT2D eigenvalue weighted by Crippen LogP contribution is 2.40. The summed E-state index contributed by atoms with van der Waals surface area (Å²) in [5, 5.41) is 3.44. The second-order valence-corrected chi connectivity index (χ2v) is 5.61. The van der Waals surface area contributed by atoms with Crippen molar-refractivity contribution >= 4 is 21.6 Å². The van der Waals surface area contributed by atoms with Crippen molar-refractivity contribution in [2.75, 3.05) is 19.2 Å². The van der Waals surface area contributed by atoms with Crippen LogP contribution in [0.1, 0.15) is 11.1 Å². The molecule has 0 saturated heterocycles. The lowest BCUT2D eigenvalue weighted by molar-refractivity contribution is 0.173. The van der Waals surface area contributed by atoms with E-state index in [9.17, 15) is 0 Å². The molecule has 1 aliphatic heterocycles. The molecule has 0 aliphatic carbocycles. The quantitative estimate of drug-likeness (QED) is 0.887. The van der Waals surface area contributed by atoms with E-state index in [2.05, 4.69) is 33.4 Å². The van der Waals surface area contributed by atoms with Crippen molar-refractivity contribution in [3.63, 3.8) is 0 Å². The second kappa shape index (κ2) is 6.37. The van der Waals surface area contributed by atoms with Gasteiger partial charge in [-0.2, -0.15) is 0 Å². The van der Waals surface area contributed by atoms with Gasteiger partial charge in [-0.15, -0.1) is 0 Å². The zero-order valence-corrected chi connectivity index (χ0v) is 13.3. The van der Waals surface area contributed by atoms with E-state index in [1.54, 1.807) is 7.11 Å². The first-order chi connectivity index (χ1) is 10.3. The average Bonchev–Trinajstić information content (AvgIpc) is 2.96. The predicted molar refractivity (Wildman–Crippen MR) is 84.7 cm³/mol. The molecule has 110 valence electrons. The van der Waals surface area contributed by atoms with E-state index in [1.165, 1.54) is 0 Å². The number of ether oxygens (including phenoxy) is 3. The first-order valence-electron chi connectivity index (χ1n) is 6.66. The molecule has 0 amide bonds. The summed E-state index contributed by atoms with van der Waals surface area (Å²) >= 11 is 3.51. The van der Waals surface area contributed by atoms with Crippen LogP contribution in [0.2, 0.25) is 0 Å². The minimum atomic E-state index is 0.279. The van der Waals surface area contributed by atoms with Crippen molar-refractivity contribution in [3.05, 3.63) is 52.0 Å². The number of methoxy groups -OCH3 is 1. The van der Waals surface area contributed by atoms with Gasteiger partial charge in [-0.25, -0.2) is 0 Å². The van der Waals surface area contributed by atoms with E-state index in [0.717, 1.165) is 32.8 Å². The van der Waals surface area contributed by atoms with Crippen LogP contribution in [-0.2, 0) is 17.9 Å². The molecule has 0 aromatic heterocycles. The van der Waals surface area contributed by atoms with Gasteiger partial charge in [0.2, 0.25) is 6.79 Å². The molecular weight excluding hydrogens is 334 g/mol. The number of halogens is 1. The van der Waals surface area contributed by atoms with Crippen molar-refractivity contribution in [2.45, 2.75) is 13.2 Å². The minimum Gasteiger partial charge on any atom is -0.454 e. The molecule has 5 heteroatoms. The van der Waals surface area contributed by atoms with Crippen molar-refractivity contribution in [2.24, 2.45) is 0 Å². The fourth-order valence-corrected chi connectivity index (χ4v) is 2.90. The lowest BCUT2D eigenvalue weighted by Gasteiger charge is -2.12. The van der Waals surface area contributed by atoms with Gasteiger partial charge in [0, 0.05) is 24.9 Å². The molecule has 0 saturated carbocycles. The maximum Gasteiger partial charge on any atom is 0.231 e. The number of benzene rings is 2. The first kappa shape index (κ1) is 14.2. The molecule has 0 bridgehead atoms. The molecule has 0 spiro atoms. The number of para-hydroxylation sites is 1. The van der Waals surface area contributed by atoms with Gasteiger partial charge < -0.3 is 19.5 Å². The Balaban J connectivity index is 1.75. The number of hydrogen-bond acceptors (Lipinski definition) is 4. The van der Waals surface area contributed by atoms with Gasteiger partial charge in [0.25, 0.3) is 0 Å². The summed E-state index contributed by atoms with van der Waals surface area (Å²) in [6.45, 7) is 1.57. The fraction of sp³-hybridized carbons (Fsp3) is 0.250. The molecule has 4 nitrogen and oxygen atoms in total. The van der Waals surface area contributed by atoms with Crippen LogP contribution in [0.3, 0.4) is 0 Å². The Bertz CT molecular complexity index is 645. The molecule has 1 heterocycles. The average molecular weight is 350 g/mol. The van der Waals surface area contributed by atoms with Crippen LogP contribution in [0.5, 0.6) is 11.5 Å². The minimum absolute atomic E-state index is 0.279. The van der Waals surface area contributed by atoms with Crippen LogP contribution in [-0.4, -0.2) is 13.9 Å². The predicted octanol–water partition coefficient (Wildman–Crippen LogP) is 3.94. The van der Waals surface area contributed by atoms with E-state index in [1.807, 2.05) is 24.3 Å². The highest BCUT2D eigenvalue weighted by Gasteiger charge is 2.17. The molecule has 0 atom stereocenters. The third kappa shape index (κ3) is 3.14. The maximum absolute atomic E-state index is 5.43. The summed E-state index contributed by atoms with van der Waals surface area (Å²) in [5.74, 6) is 1.56. The molecule has 1 aliphatic rings. The Morgan fingerprint density at radius 3 is 2.95 bits per heavy atom. The van der Waals surface area contributed by atoms with E-state index in [0.29, 0.717) is 13.2 Å². The van der Waals surface area contributed by atoms with E-state index >= 15 is 0 Å². The number of hydrogen-bond donors (Lipinski definition) is 1. The van der Waals surface area contributed by atoms with Crippen molar-refractivity contribution < 1.29 is 14.2 Å². The largest absolute Gasteiger partial charge is 0.454 e. The Labute approximate surface area is 132 Å². The molecule has 1 N–H and O–H groups in total. The molecule has 2 aromatic rings. The normalized spacial score (nSPS) is 12.5. The molecule has 3 rings (SSSR count). The summed E-state index contributed by atoms with van der Waals surface area (Å²) in [5.41, 5.74) is 3.34. The maximum atomic E-state index is 5.43. The molecular formula is C16H16BrNO3. The molecule has 21 heavy (non-hydrogen) atoms. The molecule has 0 unspecified atom stereocenters. The zero-order valence-electron chi connectivity index (χ0n) is 11.7. The summed E-state index contributed by atoms with van der Waals surface area (Å²) in [7, 11) is 1.70. The highest BCUT2D eigenvalue weighted by molar-refractivity contribution is 9.10. The van der Waals surface area contributed by atoms with Gasteiger partial charge in [0.1, 0.15) is 0 Å². The van der Waals surface area contributed by atoms with Crippen molar-refractivity contribution in [1.29, 1.82) is 0 Å².